The Morgan fingerprint density at radius 3 is 2.67 bits per heavy atom. The highest BCUT2D eigenvalue weighted by atomic mass is 35.5. The number of hydrogen-bond donors (Lipinski definition) is 1. The van der Waals surface area contributed by atoms with Crippen LogP contribution in [0.3, 0.4) is 0 Å². The Morgan fingerprint density at radius 2 is 1.97 bits per heavy atom. The summed E-state index contributed by atoms with van der Waals surface area (Å²) in [6.45, 7) is 0.742. The van der Waals surface area contributed by atoms with E-state index in [1.165, 1.54) is 0 Å². The van der Waals surface area contributed by atoms with Gasteiger partial charge in [0.05, 0.1) is 23.1 Å². The van der Waals surface area contributed by atoms with Gasteiger partial charge in [0.1, 0.15) is 11.3 Å². The Bertz CT molecular complexity index is 1300. The van der Waals surface area contributed by atoms with E-state index in [-0.39, 0.29) is 35.4 Å². The molecule has 2 aliphatic heterocycles. The molecule has 0 radical (unpaired) electrons. The van der Waals surface area contributed by atoms with Gasteiger partial charge in [-0.25, -0.2) is 0 Å². The second-order valence-corrected chi connectivity index (χ2v) is 8.57. The highest BCUT2D eigenvalue weighted by Crippen LogP contribution is 2.39. The lowest BCUT2D eigenvalue weighted by molar-refractivity contribution is -0.119. The van der Waals surface area contributed by atoms with Gasteiger partial charge in [-0.05, 0) is 48.7 Å². The molecule has 2 amide bonds. The molecule has 0 bridgehead atoms. The first kappa shape index (κ1) is 21.5. The number of carbonyl (C=O) groups excluding carboxylic acids is 2. The van der Waals surface area contributed by atoms with Gasteiger partial charge in [-0.1, -0.05) is 23.7 Å². The van der Waals surface area contributed by atoms with Crippen molar-refractivity contribution in [3.05, 3.63) is 74.6 Å². The van der Waals surface area contributed by atoms with Crippen LogP contribution < -0.4 is 15.9 Å². The fraction of sp³-hybridized carbons (Fsp3) is 0.292. The van der Waals surface area contributed by atoms with Crippen LogP contribution in [0.1, 0.15) is 40.6 Å². The maximum absolute atomic E-state index is 13.5. The molecule has 1 fully saturated rings. The summed E-state index contributed by atoms with van der Waals surface area (Å²) in [5, 5.41) is 0.724. The molecule has 1 saturated heterocycles. The van der Waals surface area contributed by atoms with Crippen molar-refractivity contribution >= 4 is 34.4 Å². The van der Waals surface area contributed by atoms with Crippen LogP contribution in [0.4, 0.5) is 0 Å². The molecule has 2 N–H and O–H groups in total. The maximum Gasteiger partial charge on any atom is 0.291 e. The highest BCUT2D eigenvalue weighted by molar-refractivity contribution is 6.31. The number of amides is 2. The SMILES string of the molecule is NC(=O)COc1ccc([C@H]2c3c(oc4ccc(Cl)cc4c3=O)C(=O)N2C[C@@H]2CCCO2)cc1. The third-order valence-corrected chi connectivity index (χ3v) is 6.16. The molecule has 0 spiro atoms. The molecular weight excluding hydrogens is 448 g/mol. The van der Waals surface area contributed by atoms with Gasteiger partial charge in [0, 0.05) is 18.2 Å². The van der Waals surface area contributed by atoms with E-state index in [0.717, 1.165) is 12.8 Å². The Labute approximate surface area is 193 Å². The van der Waals surface area contributed by atoms with E-state index in [1.54, 1.807) is 47.4 Å². The molecule has 1 aromatic heterocycles. The largest absolute Gasteiger partial charge is 0.484 e. The van der Waals surface area contributed by atoms with Crippen LogP contribution >= 0.6 is 11.6 Å². The van der Waals surface area contributed by atoms with Crippen molar-refractivity contribution in [3.8, 4) is 5.75 Å². The Balaban J connectivity index is 1.60. The molecule has 2 atom stereocenters. The summed E-state index contributed by atoms with van der Waals surface area (Å²) in [5.41, 5.74) is 6.13. The minimum absolute atomic E-state index is 0.0341. The van der Waals surface area contributed by atoms with Gasteiger partial charge in [-0.3, -0.25) is 14.4 Å². The van der Waals surface area contributed by atoms with Gasteiger partial charge >= 0.3 is 0 Å². The smallest absolute Gasteiger partial charge is 0.291 e. The van der Waals surface area contributed by atoms with Crippen molar-refractivity contribution in [2.75, 3.05) is 19.8 Å². The Morgan fingerprint density at radius 1 is 1.18 bits per heavy atom. The summed E-state index contributed by atoms with van der Waals surface area (Å²) in [6, 6.07) is 11.0. The molecule has 9 heteroatoms. The zero-order chi connectivity index (χ0) is 23.1. The third-order valence-electron chi connectivity index (χ3n) is 5.93. The summed E-state index contributed by atoms with van der Waals surface area (Å²) >= 11 is 6.11. The zero-order valence-corrected chi connectivity index (χ0v) is 18.3. The summed E-state index contributed by atoms with van der Waals surface area (Å²) in [7, 11) is 0. The van der Waals surface area contributed by atoms with Crippen LogP contribution in [0, 0.1) is 0 Å². The topological polar surface area (TPSA) is 112 Å². The highest BCUT2D eigenvalue weighted by Gasteiger charge is 2.43. The average Bonchev–Trinajstić information content (AvgIpc) is 3.41. The van der Waals surface area contributed by atoms with Gasteiger partial charge in [-0.2, -0.15) is 0 Å². The average molecular weight is 469 g/mol. The predicted molar refractivity (Wildman–Crippen MR) is 120 cm³/mol. The zero-order valence-electron chi connectivity index (χ0n) is 17.6. The lowest BCUT2D eigenvalue weighted by Crippen LogP contribution is -2.36. The molecule has 3 aromatic rings. The lowest BCUT2D eigenvalue weighted by Gasteiger charge is -2.27. The van der Waals surface area contributed by atoms with Gasteiger partial charge in [-0.15, -0.1) is 0 Å². The van der Waals surface area contributed by atoms with Crippen LogP contribution in [-0.2, 0) is 9.53 Å². The van der Waals surface area contributed by atoms with Crippen molar-refractivity contribution in [1.82, 2.24) is 4.90 Å². The molecule has 8 nitrogen and oxygen atoms in total. The van der Waals surface area contributed by atoms with Crippen molar-refractivity contribution in [2.45, 2.75) is 25.0 Å². The summed E-state index contributed by atoms with van der Waals surface area (Å²) in [4.78, 5) is 39.6. The van der Waals surface area contributed by atoms with Gasteiger partial charge in [0.2, 0.25) is 5.76 Å². The third kappa shape index (κ3) is 3.96. The number of nitrogens with two attached hydrogens (primary N) is 1. The number of carbonyl (C=O) groups is 2. The van der Waals surface area contributed by atoms with E-state index in [9.17, 15) is 14.4 Å². The normalized spacial score (nSPS) is 19.8. The van der Waals surface area contributed by atoms with E-state index in [1.807, 2.05) is 0 Å². The van der Waals surface area contributed by atoms with Crippen molar-refractivity contribution < 1.29 is 23.5 Å². The molecule has 3 heterocycles. The van der Waals surface area contributed by atoms with Crippen molar-refractivity contribution in [1.29, 1.82) is 0 Å². The van der Waals surface area contributed by atoms with Crippen LogP contribution in [0.5, 0.6) is 5.75 Å². The number of hydrogen-bond acceptors (Lipinski definition) is 6. The molecular formula is C24H21ClN2O6. The van der Waals surface area contributed by atoms with E-state index in [2.05, 4.69) is 0 Å². The summed E-state index contributed by atoms with van der Waals surface area (Å²) in [6.07, 6.45) is 1.66. The maximum atomic E-state index is 13.5. The number of halogens is 1. The van der Waals surface area contributed by atoms with Crippen LogP contribution in [-0.4, -0.2) is 42.6 Å². The number of primary amides is 1. The molecule has 0 saturated carbocycles. The lowest BCUT2D eigenvalue weighted by atomic mass is 9.98. The molecule has 2 aliphatic rings. The number of ether oxygens (including phenoxy) is 2. The molecule has 33 heavy (non-hydrogen) atoms. The number of fused-ring (bicyclic) bond motifs is 2. The predicted octanol–water partition coefficient (Wildman–Crippen LogP) is 3.03. The molecule has 2 aromatic carbocycles. The van der Waals surface area contributed by atoms with E-state index < -0.39 is 11.9 Å². The van der Waals surface area contributed by atoms with E-state index in [4.69, 9.17) is 31.2 Å². The second kappa shape index (κ2) is 8.53. The van der Waals surface area contributed by atoms with Crippen LogP contribution in [0.25, 0.3) is 11.0 Å². The van der Waals surface area contributed by atoms with Gasteiger partial charge in [0.25, 0.3) is 11.8 Å². The van der Waals surface area contributed by atoms with Gasteiger partial charge in [0.15, 0.2) is 12.0 Å². The minimum atomic E-state index is -0.651. The first-order valence-electron chi connectivity index (χ1n) is 10.6. The molecule has 0 aliphatic carbocycles. The number of nitrogens with zero attached hydrogens (tertiary/aromatic N) is 1. The quantitative estimate of drug-likeness (QED) is 0.595. The van der Waals surface area contributed by atoms with E-state index >= 15 is 0 Å². The Kier molecular flexibility index (Phi) is 5.55. The monoisotopic (exact) mass is 468 g/mol. The summed E-state index contributed by atoms with van der Waals surface area (Å²) in [5.74, 6) is -0.453. The van der Waals surface area contributed by atoms with Crippen LogP contribution in [0.15, 0.2) is 51.7 Å². The molecule has 170 valence electrons. The number of benzene rings is 2. The fourth-order valence-electron chi connectivity index (χ4n) is 4.44. The van der Waals surface area contributed by atoms with E-state index in [0.29, 0.717) is 40.5 Å². The first-order valence-corrected chi connectivity index (χ1v) is 11.0. The Hall–Kier alpha value is -3.36. The second-order valence-electron chi connectivity index (χ2n) is 8.13. The van der Waals surface area contributed by atoms with Gasteiger partial charge < -0.3 is 24.5 Å². The first-order chi connectivity index (χ1) is 15.9. The molecule has 0 unspecified atom stereocenters. The standard InChI is InChI=1S/C24H21ClN2O6/c25-14-5-8-18-17(10-14)22(29)20-21(13-3-6-15(7-4-13)32-12-19(26)28)27(24(30)23(20)33-18)11-16-2-1-9-31-16/h3-8,10,16,21H,1-2,9,11-12H2,(H2,26,28)/t16-,21-/m0/s1. The molecule has 5 rings (SSSR count). The van der Waals surface area contributed by atoms with Crippen molar-refractivity contribution in [2.24, 2.45) is 5.73 Å². The summed E-state index contributed by atoms with van der Waals surface area (Å²) < 4.78 is 17.0. The fourth-order valence-corrected chi connectivity index (χ4v) is 4.61. The number of rotatable bonds is 6. The minimum Gasteiger partial charge on any atom is -0.484 e. The van der Waals surface area contributed by atoms with Crippen LogP contribution in [0.2, 0.25) is 5.02 Å². The van der Waals surface area contributed by atoms with Crippen molar-refractivity contribution in [3.63, 3.8) is 0 Å².